The maximum absolute atomic E-state index is 12.3. The van der Waals surface area contributed by atoms with Crippen LogP contribution in [0.1, 0.15) is 11.1 Å². The SMILES string of the molecule is O=C(Nc1cnn(CC(F)F)c1)N1CCc2cc(Cl)ccc2C1. The number of nitrogens with one attached hydrogen (secondary N) is 1. The number of carbonyl (C=O) groups is 1. The summed E-state index contributed by atoms with van der Waals surface area (Å²) in [6, 6.07) is 5.36. The fraction of sp³-hybridized carbons (Fsp3) is 0.333. The molecule has 0 unspecified atom stereocenters. The van der Waals surface area contributed by atoms with Crippen LogP contribution in [0.3, 0.4) is 0 Å². The van der Waals surface area contributed by atoms with Crippen LogP contribution in [0.5, 0.6) is 0 Å². The van der Waals surface area contributed by atoms with Crippen molar-refractivity contribution in [2.45, 2.75) is 25.9 Å². The molecule has 2 amide bonds. The van der Waals surface area contributed by atoms with Gasteiger partial charge in [-0.15, -0.1) is 0 Å². The van der Waals surface area contributed by atoms with Crippen molar-refractivity contribution >= 4 is 23.3 Å². The number of rotatable bonds is 3. The Labute approximate surface area is 136 Å². The van der Waals surface area contributed by atoms with Crippen LogP contribution < -0.4 is 5.32 Å². The van der Waals surface area contributed by atoms with E-state index in [0.29, 0.717) is 23.8 Å². The molecular formula is C15H15ClF2N4O. The van der Waals surface area contributed by atoms with E-state index in [4.69, 9.17) is 11.6 Å². The number of hydrogen-bond acceptors (Lipinski definition) is 2. The van der Waals surface area contributed by atoms with Crippen LogP contribution in [0.15, 0.2) is 30.6 Å². The van der Waals surface area contributed by atoms with Crippen LogP contribution >= 0.6 is 11.6 Å². The Morgan fingerprint density at radius 2 is 2.22 bits per heavy atom. The second-order valence-corrected chi connectivity index (χ2v) is 5.79. The Morgan fingerprint density at radius 1 is 1.39 bits per heavy atom. The summed E-state index contributed by atoms with van der Waals surface area (Å²) in [6.07, 6.45) is 0.997. The summed E-state index contributed by atoms with van der Waals surface area (Å²) in [5.74, 6) is 0. The maximum atomic E-state index is 12.3. The number of anilines is 1. The number of hydrogen-bond donors (Lipinski definition) is 1. The van der Waals surface area contributed by atoms with Crippen molar-refractivity contribution in [3.63, 3.8) is 0 Å². The highest BCUT2D eigenvalue weighted by Gasteiger charge is 2.21. The quantitative estimate of drug-likeness (QED) is 0.931. The average molecular weight is 341 g/mol. The van der Waals surface area contributed by atoms with Gasteiger partial charge in [-0.2, -0.15) is 5.10 Å². The highest BCUT2D eigenvalue weighted by Crippen LogP contribution is 2.23. The molecule has 0 saturated heterocycles. The summed E-state index contributed by atoms with van der Waals surface area (Å²) in [7, 11) is 0. The Bertz CT molecular complexity index is 719. The van der Waals surface area contributed by atoms with Crippen molar-refractivity contribution in [1.82, 2.24) is 14.7 Å². The van der Waals surface area contributed by atoms with Gasteiger partial charge in [-0.1, -0.05) is 17.7 Å². The van der Waals surface area contributed by atoms with Crippen LogP contribution in [0.25, 0.3) is 0 Å². The van der Waals surface area contributed by atoms with Crippen molar-refractivity contribution in [1.29, 1.82) is 0 Å². The van der Waals surface area contributed by atoms with Gasteiger partial charge in [0.15, 0.2) is 0 Å². The third kappa shape index (κ3) is 3.79. The molecule has 23 heavy (non-hydrogen) atoms. The normalized spacial score (nSPS) is 14.0. The number of nitrogens with zero attached hydrogens (tertiary/aromatic N) is 3. The molecule has 0 aliphatic carbocycles. The van der Waals surface area contributed by atoms with Crippen molar-refractivity contribution in [3.05, 3.63) is 46.7 Å². The molecule has 3 rings (SSSR count). The molecule has 2 heterocycles. The van der Waals surface area contributed by atoms with Gasteiger partial charge in [0.1, 0.15) is 6.54 Å². The topological polar surface area (TPSA) is 50.2 Å². The van der Waals surface area contributed by atoms with Crippen LogP contribution in [0, 0.1) is 0 Å². The standard InChI is InChI=1S/C15H15ClF2N4O/c16-12-2-1-11-7-21(4-3-10(11)5-12)15(23)20-13-6-19-22(8-13)9-14(17)18/h1-2,5-6,8,14H,3-4,7,9H2,(H,20,23). The lowest BCUT2D eigenvalue weighted by atomic mass is 10.0. The molecule has 0 fully saturated rings. The van der Waals surface area contributed by atoms with Crippen molar-refractivity contribution in [2.24, 2.45) is 0 Å². The Kier molecular flexibility index (Phi) is 4.47. The zero-order valence-electron chi connectivity index (χ0n) is 12.2. The van der Waals surface area contributed by atoms with E-state index in [1.807, 2.05) is 12.1 Å². The molecule has 2 aromatic rings. The van der Waals surface area contributed by atoms with E-state index in [0.717, 1.165) is 22.2 Å². The first kappa shape index (κ1) is 15.7. The van der Waals surface area contributed by atoms with Gasteiger partial charge < -0.3 is 10.2 Å². The number of benzene rings is 1. The fourth-order valence-corrected chi connectivity index (χ4v) is 2.76. The molecule has 0 spiro atoms. The van der Waals surface area contributed by atoms with E-state index in [1.54, 1.807) is 11.0 Å². The molecule has 0 bridgehead atoms. The fourth-order valence-electron chi connectivity index (χ4n) is 2.57. The predicted octanol–water partition coefficient (Wildman–Crippen LogP) is 3.39. The summed E-state index contributed by atoms with van der Waals surface area (Å²) in [5.41, 5.74) is 2.60. The van der Waals surface area contributed by atoms with Crippen LogP contribution in [0.4, 0.5) is 19.3 Å². The molecule has 1 aliphatic heterocycles. The lowest BCUT2D eigenvalue weighted by Crippen LogP contribution is -2.38. The number of alkyl halides is 2. The number of aromatic nitrogens is 2. The van der Waals surface area contributed by atoms with E-state index in [9.17, 15) is 13.6 Å². The van der Waals surface area contributed by atoms with E-state index in [1.165, 1.54) is 12.4 Å². The third-order valence-electron chi connectivity index (χ3n) is 3.68. The van der Waals surface area contributed by atoms with Crippen LogP contribution in [-0.4, -0.2) is 33.7 Å². The van der Waals surface area contributed by atoms with Crippen LogP contribution in [-0.2, 0) is 19.5 Å². The summed E-state index contributed by atoms with van der Waals surface area (Å²) in [5, 5.41) is 7.16. The first-order valence-electron chi connectivity index (χ1n) is 7.15. The number of halogens is 3. The zero-order valence-corrected chi connectivity index (χ0v) is 12.9. The van der Waals surface area contributed by atoms with Gasteiger partial charge >= 0.3 is 6.03 Å². The lowest BCUT2D eigenvalue weighted by molar-refractivity contribution is 0.122. The predicted molar refractivity (Wildman–Crippen MR) is 82.8 cm³/mol. The second-order valence-electron chi connectivity index (χ2n) is 5.36. The molecular weight excluding hydrogens is 326 g/mol. The van der Waals surface area contributed by atoms with E-state index >= 15 is 0 Å². The van der Waals surface area contributed by atoms with E-state index in [-0.39, 0.29) is 6.03 Å². The van der Waals surface area contributed by atoms with Crippen molar-refractivity contribution < 1.29 is 13.6 Å². The van der Waals surface area contributed by atoms with Gasteiger partial charge in [0.25, 0.3) is 6.43 Å². The van der Waals surface area contributed by atoms with Gasteiger partial charge in [-0.3, -0.25) is 4.68 Å². The summed E-state index contributed by atoms with van der Waals surface area (Å²) in [6.45, 7) is 0.571. The largest absolute Gasteiger partial charge is 0.322 e. The average Bonchev–Trinajstić information content (AvgIpc) is 2.92. The molecule has 1 N–H and O–H groups in total. The number of urea groups is 1. The minimum absolute atomic E-state index is 0.276. The Balaban J connectivity index is 1.63. The summed E-state index contributed by atoms with van der Waals surface area (Å²) >= 11 is 5.97. The molecule has 8 heteroatoms. The van der Waals surface area contributed by atoms with Crippen LogP contribution in [0.2, 0.25) is 5.02 Å². The Hall–Kier alpha value is -2.15. The molecule has 5 nitrogen and oxygen atoms in total. The number of amides is 2. The molecule has 122 valence electrons. The number of fused-ring (bicyclic) bond motifs is 1. The second kappa shape index (κ2) is 6.54. The van der Waals surface area contributed by atoms with Gasteiger partial charge in [0, 0.05) is 24.3 Å². The van der Waals surface area contributed by atoms with Crippen molar-refractivity contribution in [3.8, 4) is 0 Å². The molecule has 0 saturated carbocycles. The highest BCUT2D eigenvalue weighted by molar-refractivity contribution is 6.30. The summed E-state index contributed by atoms with van der Waals surface area (Å²) in [4.78, 5) is 13.9. The highest BCUT2D eigenvalue weighted by atomic mass is 35.5. The van der Waals surface area contributed by atoms with Gasteiger partial charge in [-0.25, -0.2) is 13.6 Å². The lowest BCUT2D eigenvalue weighted by Gasteiger charge is -2.28. The number of carbonyl (C=O) groups excluding carboxylic acids is 1. The van der Waals surface area contributed by atoms with Gasteiger partial charge in [0.05, 0.1) is 11.9 Å². The third-order valence-corrected chi connectivity index (χ3v) is 3.91. The minimum Gasteiger partial charge on any atom is -0.320 e. The summed E-state index contributed by atoms with van der Waals surface area (Å²) < 4.78 is 25.7. The van der Waals surface area contributed by atoms with E-state index < -0.39 is 13.0 Å². The first-order valence-corrected chi connectivity index (χ1v) is 7.53. The molecule has 0 radical (unpaired) electrons. The van der Waals surface area contributed by atoms with E-state index in [2.05, 4.69) is 10.4 Å². The minimum atomic E-state index is -2.48. The molecule has 1 aromatic heterocycles. The molecule has 1 aromatic carbocycles. The van der Waals surface area contributed by atoms with Crippen molar-refractivity contribution in [2.75, 3.05) is 11.9 Å². The molecule has 1 aliphatic rings. The first-order chi connectivity index (χ1) is 11.0. The smallest absolute Gasteiger partial charge is 0.320 e. The monoisotopic (exact) mass is 340 g/mol. The molecule has 0 atom stereocenters. The maximum Gasteiger partial charge on any atom is 0.322 e. The van der Waals surface area contributed by atoms with Gasteiger partial charge in [0.2, 0.25) is 0 Å². The van der Waals surface area contributed by atoms with Gasteiger partial charge in [-0.05, 0) is 29.7 Å². The Morgan fingerprint density at radius 3 is 3.00 bits per heavy atom. The zero-order chi connectivity index (χ0) is 16.4.